The zero-order valence-corrected chi connectivity index (χ0v) is 14.8. The van der Waals surface area contributed by atoms with E-state index in [2.05, 4.69) is 5.32 Å². The highest BCUT2D eigenvalue weighted by atomic mass is 16.3. The normalized spacial score (nSPS) is 29.2. The first-order valence-electron chi connectivity index (χ1n) is 9.08. The Hall–Kier alpha value is -2.08. The third-order valence-corrected chi connectivity index (χ3v) is 5.97. The summed E-state index contributed by atoms with van der Waals surface area (Å²) in [6.07, 6.45) is 2.11. The first-order valence-corrected chi connectivity index (χ1v) is 9.08. The Balaban J connectivity index is 1.57. The molecule has 134 valence electrons. The van der Waals surface area contributed by atoms with Crippen LogP contribution in [0.25, 0.3) is 0 Å². The molecule has 2 aliphatic heterocycles. The monoisotopic (exact) mass is 343 g/mol. The largest absolute Gasteiger partial charge is 0.387 e. The van der Waals surface area contributed by atoms with E-state index in [1.54, 1.807) is 9.80 Å². The van der Waals surface area contributed by atoms with E-state index in [1.807, 2.05) is 32.0 Å². The molecule has 1 unspecified atom stereocenters. The SMILES string of the molecule is Cc1ccc(C(=O)N2CC(C)[C@](O)(C3CC3)C2)cc1N1CCNC1=O. The number of carbonyl (C=O) groups is 2. The van der Waals surface area contributed by atoms with Gasteiger partial charge in [0.15, 0.2) is 0 Å². The molecule has 0 bridgehead atoms. The van der Waals surface area contributed by atoms with Crippen LogP contribution < -0.4 is 10.2 Å². The number of aryl methyl sites for hydroxylation is 1. The molecule has 0 spiro atoms. The average Bonchev–Trinajstić information content (AvgIpc) is 3.30. The van der Waals surface area contributed by atoms with Crippen LogP contribution in [0.2, 0.25) is 0 Å². The molecule has 3 aliphatic rings. The molecule has 0 radical (unpaired) electrons. The maximum atomic E-state index is 13.0. The van der Waals surface area contributed by atoms with Gasteiger partial charge in [0.05, 0.1) is 12.1 Å². The predicted octanol–water partition coefficient (Wildman–Crippen LogP) is 1.76. The van der Waals surface area contributed by atoms with Gasteiger partial charge in [-0.05, 0) is 43.4 Å². The van der Waals surface area contributed by atoms with Crippen molar-refractivity contribution in [3.8, 4) is 0 Å². The summed E-state index contributed by atoms with van der Waals surface area (Å²) in [4.78, 5) is 28.4. The fourth-order valence-electron chi connectivity index (χ4n) is 4.20. The van der Waals surface area contributed by atoms with Gasteiger partial charge in [0.1, 0.15) is 0 Å². The van der Waals surface area contributed by atoms with Gasteiger partial charge < -0.3 is 15.3 Å². The van der Waals surface area contributed by atoms with Crippen LogP contribution in [-0.4, -0.2) is 53.7 Å². The maximum Gasteiger partial charge on any atom is 0.322 e. The summed E-state index contributed by atoms with van der Waals surface area (Å²) in [7, 11) is 0. The Morgan fingerprint density at radius 3 is 2.76 bits per heavy atom. The quantitative estimate of drug-likeness (QED) is 0.878. The summed E-state index contributed by atoms with van der Waals surface area (Å²) in [5, 5.41) is 13.7. The molecule has 6 heteroatoms. The molecule has 1 saturated carbocycles. The fraction of sp³-hybridized carbons (Fsp3) is 0.579. The van der Waals surface area contributed by atoms with E-state index < -0.39 is 5.60 Å². The number of hydrogen-bond donors (Lipinski definition) is 2. The van der Waals surface area contributed by atoms with Crippen LogP contribution in [0.1, 0.15) is 35.7 Å². The van der Waals surface area contributed by atoms with Crippen LogP contribution in [0, 0.1) is 18.8 Å². The average molecular weight is 343 g/mol. The number of anilines is 1. The number of urea groups is 1. The van der Waals surface area contributed by atoms with Crippen molar-refractivity contribution in [2.24, 2.45) is 11.8 Å². The van der Waals surface area contributed by atoms with E-state index in [0.29, 0.717) is 37.7 Å². The van der Waals surface area contributed by atoms with Crippen LogP contribution in [0.3, 0.4) is 0 Å². The van der Waals surface area contributed by atoms with E-state index in [9.17, 15) is 14.7 Å². The number of aliphatic hydroxyl groups is 1. The molecule has 25 heavy (non-hydrogen) atoms. The lowest BCUT2D eigenvalue weighted by molar-refractivity contribution is -0.00364. The standard InChI is InChI=1S/C19H25N3O3/c1-12-3-4-14(9-16(12)22-8-7-20-18(22)24)17(23)21-10-13(2)19(25,11-21)15-5-6-15/h3-4,9,13,15,25H,5-8,10-11H2,1-2H3,(H,20,24)/t13?,19-/m0/s1. The predicted molar refractivity (Wildman–Crippen MR) is 94.7 cm³/mol. The van der Waals surface area contributed by atoms with Crippen molar-refractivity contribution in [2.75, 3.05) is 31.1 Å². The lowest BCUT2D eigenvalue weighted by Gasteiger charge is -2.26. The molecule has 4 rings (SSSR count). The number of nitrogens with zero attached hydrogens (tertiary/aromatic N) is 2. The first-order chi connectivity index (χ1) is 11.9. The van der Waals surface area contributed by atoms with E-state index in [4.69, 9.17) is 0 Å². The van der Waals surface area contributed by atoms with Gasteiger partial charge in [0.25, 0.3) is 5.91 Å². The fourth-order valence-corrected chi connectivity index (χ4v) is 4.20. The summed E-state index contributed by atoms with van der Waals surface area (Å²) in [5.74, 6) is 0.365. The number of carbonyl (C=O) groups excluding carboxylic acids is 2. The van der Waals surface area contributed by atoms with Gasteiger partial charge in [0, 0.05) is 36.8 Å². The van der Waals surface area contributed by atoms with Gasteiger partial charge in [-0.1, -0.05) is 13.0 Å². The number of rotatable bonds is 3. The molecule has 2 N–H and O–H groups in total. The van der Waals surface area contributed by atoms with Crippen molar-refractivity contribution >= 4 is 17.6 Å². The third-order valence-electron chi connectivity index (χ3n) is 5.97. The lowest BCUT2D eigenvalue weighted by Crippen LogP contribution is -2.40. The topological polar surface area (TPSA) is 72.9 Å². The second kappa shape index (κ2) is 5.73. The first kappa shape index (κ1) is 16.4. The van der Waals surface area contributed by atoms with Gasteiger partial charge in [-0.2, -0.15) is 0 Å². The molecule has 2 atom stereocenters. The number of β-amino-alcohol motifs (C(OH)–C–C–N with tert-alkyl or cyclic N) is 1. The van der Waals surface area contributed by atoms with Gasteiger partial charge >= 0.3 is 6.03 Å². The van der Waals surface area contributed by atoms with Crippen molar-refractivity contribution in [3.05, 3.63) is 29.3 Å². The van der Waals surface area contributed by atoms with Crippen LogP contribution in [0.5, 0.6) is 0 Å². The highest BCUT2D eigenvalue weighted by molar-refractivity contribution is 5.99. The number of amides is 3. The van der Waals surface area contributed by atoms with Crippen molar-refractivity contribution in [1.82, 2.24) is 10.2 Å². The highest BCUT2D eigenvalue weighted by Crippen LogP contribution is 2.47. The van der Waals surface area contributed by atoms with E-state index in [0.717, 1.165) is 24.1 Å². The molecule has 1 aromatic carbocycles. The number of nitrogens with one attached hydrogen (secondary N) is 1. The Bertz CT molecular complexity index is 731. The Kier molecular flexibility index (Phi) is 3.76. The van der Waals surface area contributed by atoms with Gasteiger partial charge in [0.2, 0.25) is 0 Å². The molecular formula is C19H25N3O3. The van der Waals surface area contributed by atoms with Gasteiger partial charge in [-0.15, -0.1) is 0 Å². The summed E-state index contributed by atoms with van der Waals surface area (Å²) in [6, 6.07) is 5.39. The molecule has 0 aromatic heterocycles. The Labute approximate surface area is 147 Å². The summed E-state index contributed by atoms with van der Waals surface area (Å²) >= 11 is 0. The Morgan fingerprint density at radius 2 is 2.12 bits per heavy atom. The number of benzene rings is 1. The summed E-state index contributed by atoms with van der Waals surface area (Å²) in [6.45, 7) is 6.19. The van der Waals surface area contributed by atoms with E-state index in [1.165, 1.54) is 0 Å². The van der Waals surface area contributed by atoms with Crippen LogP contribution in [-0.2, 0) is 0 Å². The van der Waals surface area contributed by atoms with E-state index >= 15 is 0 Å². The second-order valence-electron chi connectivity index (χ2n) is 7.74. The highest BCUT2D eigenvalue weighted by Gasteiger charge is 2.53. The molecule has 2 heterocycles. The Morgan fingerprint density at radius 1 is 1.36 bits per heavy atom. The van der Waals surface area contributed by atoms with Gasteiger partial charge in [-0.3, -0.25) is 9.69 Å². The zero-order valence-electron chi connectivity index (χ0n) is 14.8. The number of hydrogen-bond acceptors (Lipinski definition) is 3. The third kappa shape index (κ3) is 2.68. The second-order valence-corrected chi connectivity index (χ2v) is 7.74. The minimum Gasteiger partial charge on any atom is -0.387 e. The molecule has 3 amide bonds. The van der Waals surface area contributed by atoms with Crippen LogP contribution in [0.15, 0.2) is 18.2 Å². The molecule has 1 aliphatic carbocycles. The summed E-state index contributed by atoms with van der Waals surface area (Å²) < 4.78 is 0. The molecular weight excluding hydrogens is 318 g/mol. The summed E-state index contributed by atoms with van der Waals surface area (Å²) in [5.41, 5.74) is 1.59. The van der Waals surface area contributed by atoms with Gasteiger partial charge in [-0.25, -0.2) is 4.79 Å². The van der Waals surface area contributed by atoms with Crippen molar-refractivity contribution in [3.63, 3.8) is 0 Å². The minimum atomic E-state index is -0.738. The molecule has 1 aromatic rings. The number of likely N-dealkylation sites (tertiary alicyclic amines) is 1. The van der Waals surface area contributed by atoms with Crippen LogP contribution >= 0.6 is 0 Å². The van der Waals surface area contributed by atoms with Crippen LogP contribution in [0.4, 0.5) is 10.5 Å². The smallest absolute Gasteiger partial charge is 0.322 e. The van der Waals surface area contributed by atoms with Crippen molar-refractivity contribution in [2.45, 2.75) is 32.3 Å². The molecule has 3 fully saturated rings. The van der Waals surface area contributed by atoms with Crippen molar-refractivity contribution in [1.29, 1.82) is 0 Å². The molecule has 6 nitrogen and oxygen atoms in total. The minimum absolute atomic E-state index is 0.0655. The molecule has 2 saturated heterocycles. The zero-order chi connectivity index (χ0) is 17.8. The maximum absolute atomic E-state index is 13.0. The van der Waals surface area contributed by atoms with Crippen molar-refractivity contribution < 1.29 is 14.7 Å². The lowest BCUT2D eigenvalue weighted by atomic mass is 9.88. The van der Waals surface area contributed by atoms with E-state index in [-0.39, 0.29) is 17.9 Å².